The van der Waals surface area contributed by atoms with Crippen LogP contribution in [0.25, 0.3) is 11.0 Å². The van der Waals surface area contributed by atoms with Gasteiger partial charge in [-0.25, -0.2) is 0 Å². The predicted octanol–water partition coefficient (Wildman–Crippen LogP) is 4.05. The van der Waals surface area contributed by atoms with Gasteiger partial charge in [-0.2, -0.15) is 5.26 Å². The second-order valence-electron chi connectivity index (χ2n) is 4.61. The van der Waals surface area contributed by atoms with Crippen LogP contribution >= 0.6 is 0 Å². The maximum Gasteiger partial charge on any atom is 0.315 e. The van der Waals surface area contributed by atoms with E-state index in [4.69, 9.17) is 9.25 Å². The first-order valence-electron chi connectivity index (χ1n) is 6.47. The minimum Gasteiger partial charge on any atom is -0.424 e. The molecule has 0 aliphatic rings. The molecule has 0 atom stereocenters. The number of nitriles is 1. The topological polar surface area (TPSA) is 58.5 Å². The summed E-state index contributed by atoms with van der Waals surface area (Å²) in [7, 11) is 0. The van der Waals surface area contributed by atoms with E-state index in [-0.39, 0.29) is 11.7 Å². The number of nitrogens with zero attached hydrogens (tertiary/aromatic N) is 2. The van der Waals surface area contributed by atoms with Crippen LogP contribution < -0.4 is 4.84 Å². The summed E-state index contributed by atoms with van der Waals surface area (Å²) in [6.07, 6.45) is 0. The number of aryl methyl sites for hydroxylation is 1. The number of furan rings is 1. The van der Waals surface area contributed by atoms with Crippen molar-refractivity contribution in [3.8, 4) is 12.0 Å². The molecular formula is C17H12N2O2. The number of hydrogen-bond acceptors (Lipinski definition) is 4. The third-order valence-corrected chi connectivity index (χ3v) is 3.06. The standard InChI is InChI=1S/C17H12N2O2/c1-12-6-8-13(9-7-12)15(11-18)19-21-17-10-14-4-2-3-5-16(14)20-17/h2-10H,1H3. The molecule has 0 aliphatic heterocycles. The van der Waals surface area contributed by atoms with Gasteiger partial charge >= 0.3 is 5.95 Å². The normalized spacial score (nSPS) is 11.3. The molecule has 0 unspecified atom stereocenters. The van der Waals surface area contributed by atoms with Crippen LogP contribution in [0, 0.1) is 18.3 Å². The molecule has 0 aliphatic carbocycles. The van der Waals surface area contributed by atoms with Gasteiger partial charge in [-0.15, -0.1) is 0 Å². The average molecular weight is 276 g/mol. The third-order valence-electron chi connectivity index (χ3n) is 3.06. The Balaban J connectivity index is 1.86. The Bertz CT molecular complexity index is 806. The van der Waals surface area contributed by atoms with Crippen molar-refractivity contribution in [3.05, 3.63) is 65.7 Å². The van der Waals surface area contributed by atoms with Gasteiger partial charge in [0.05, 0.1) is 0 Å². The van der Waals surface area contributed by atoms with E-state index in [2.05, 4.69) is 5.16 Å². The third kappa shape index (κ3) is 2.77. The van der Waals surface area contributed by atoms with E-state index in [1.165, 1.54) is 0 Å². The van der Waals surface area contributed by atoms with Crippen molar-refractivity contribution in [2.24, 2.45) is 5.16 Å². The zero-order valence-corrected chi connectivity index (χ0v) is 11.4. The van der Waals surface area contributed by atoms with Gasteiger partial charge in [-0.05, 0) is 13.0 Å². The fraction of sp³-hybridized carbons (Fsp3) is 0.0588. The van der Waals surface area contributed by atoms with E-state index in [0.717, 1.165) is 16.5 Å². The van der Waals surface area contributed by atoms with Crippen molar-refractivity contribution in [1.29, 1.82) is 5.26 Å². The highest BCUT2D eigenvalue weighted by atomic mass is 16.7. The first-order valence-corrected chi connectivity index (χ1v) is 6.47. The number of para-hydroxylation sites is 1. The molecule has 4 nitrogen and oxygen atoms in total. The zero-order chi connectivity index (χ0) is 14.7. The Morgan fingerprint density at radius 3 is 2.62 bits per heavy atom. The maximum atomic E-state index is 9.18. The van der Waals surface area contributed by atoms with Crippen molar-refractivity contribution < 1.29 is 9.25 Å². The lowest BCUT2D eigenvalue weighted by Crippen LogP contribution is -1.99. The largest absolute Gasteiger partial charge is 0.424 e. The fourth-order valence-electron chi connectivity index (χ4n) is 1.94. The van der Waals surface area contributed by atoms with E-state index in [0.29, 0.717) is 5.56 Å². The molecule has 3 aromatic rings. The molecule has 1 aromatic heterocycles. The van der Waals surface area contributed by atoms with Crippen LogP contribution in [0.1, 0.15) is 11.1 Å². The van der Waals surface area contributed by atoms with Gasteiger partial charge in [0.2, 0.25) is 0 Å². The van der Waals surface area contributed by atoms with E-state index >= 15 is 0 Å². The summed E-state index contributed by atoms with van der Waals surface area (Å²) in [5.41, 5.74) is 2.75. The van der Waals surface area contributed by atoms with Crippen LogP contribution in [0.5, 0.6) is 5.95 Å². The molecule has 0 spiro atoms. The second kappa shape index (κ2) is 5.51. The SMILES string of the molecule is Cc1ccc(C(C#N)=NOc2cc3ccccc3o2)cc1. The molecule has 21 heavy (non-hydrogen) atoms. The summed E-state index contributed by atoms with van der Waals surface area (Å²) >= 11 is 0. The van der Waals surface area contributed by atoms with Crippen LogP contribution in [0.4, 0.5) is 0 Å². The lowest BCUT2D eigenvalue weighted by Gasteiger charge is -1.98. The zero-order valence-electron chi connectivity index (χ0n) is 11.4. The van der Waals surface area contributed by atoms with Crippen molar-refractivity contribution in [1.82, 2.24) is 0 Å². The molecule has 0 amide bonds. The van der Waals surface area contributed by atoms with Crippen molar-refractivity contribution in [3.63, 3.8) is 0 Å². The number of rotatable bonds is 3. The molecule has 3 rings (SSSR count). The molecule has 0 fully saturated rings. The first-order chi connectivity index (χ1) is 10.3. The van der Waals surface area contributed by atoms with Gasteiger partial charge in [0.25, 0.3) is 0 Å². The van der Waals surface area contributed by atoms with Crippen molar-refractivity contribution in [2.75, 3.05) is 0 Å². The summed E-state index contributed by atoms with van der Waals surface area (Å²) in [5.74, 6) is 0.260. The number of oxime groups is 1. The average Bonchev–Trinajstić information content (AvgIpc) is 2.92. The summed E-state index contributed by atoms with van der Waals surface area (Å²) in [5, 5.41) is 14.0. The van der Waals surface area contributed by atoms with E-state index < -0.39 is 0 Å². The Morgan fingerprint density at radius 1 is 1.14 bits per heavy atom. The van der Waals surface area contributed by atoms with E-state index in [9.17, 15) is 5.26 Å². The predicted molar refractivity (Wildman–Crippen MR) is 80.2 cm³/mol. The molecule has 0 N–H and O–H groups in total. The molecule has 0 bridgehead atoms. The monoisotopic (exact) mass is 276 g/mol. The van der Waals surface area contributed by atoms with Crippen LogP contribution in [0.3, 0.4) is 0 Å². The Kier molecular flexibility index (Phi) is 3.40. The highest BCUT2D eigenvalue weighted by Gasteiger charge is 2.06. The molecular weight excluding hydrogens is 264 g/mol. The Hall–Kier alpha value is -3.06. The highest BCUT2D eigenvalue weighted by molar-refractivity contribution is 6.11. The Morgan fingerprint density at radius 2 is 1.90 bits per heavy atom. The van der Waals surface area contributed by atoms with Gasteiger partial charge in [-0.1, -0.05) is 53.2 Å². The smallest absolute Gasteiger partial charge is 0.315 e. The van der Waals surface area contributed by atoms with Gasteiger partial charge in [0.1, 0.15) is 11.7 Å². The van der Waals surface area contributed by atoms with Crippen LogP contribution in [-0.4, -0.2) is 5.71 Å². The lowest BCUT2D eigenvalue weighted by molar-refractivity contribution is 0.265. The van der Waals surface area contributed by atoms with Crippen molar-refractivity contribution in [2.45, 2.75) is 6.92 Å². The minimum absolute atomic E-state index is 0.204. The molecule has 0 saturated heterocycles. The van der Waals surface area contributed by atoms with Crippen LogP contribution in [-0.2, 0) is 0 Å². The molecule has 2 aromatic carbocycles. The highest BCUT2D eigenvalue weighted by Crippen LogP contribution is 2.24. The van der Waals surface area contributed by atoms with Crippen molar-refractivity contribution >= 4 is 16.7 Å². The molecule has 1 heterocycles. The molecule has 0 saturated carbocycles. The van der Waals surface area contributed by atoms with Gasteiger partial charge in [-0.3, -0.25) is 0 Å². The quantitative estimate of drug-likeness (QED) is 0.535. The molecule has 4 heteroatoms. The van der Waals surface area contributed by atoms with E-state index in [1.807, 2.05) is 61.5 Å². The second-order valence-corrected chi connectivity index (χ2v) is 4.61. The Labute approximate surface area is 121 Å². The maximum absolute atomic E-state index is 9.18. The van der Waals surface area contributed by atoms with Gasteiger partial charge in [0, 0.05) is 17.0 Å². The summed E-state index contributed by atoms with van der Waals surface area (Å²) in [4.78, 5) is 5.23. The molecule has 102 valence electrons. The fourth-order valence-corrected chi connectivity index (χ4v) is 1.94. The van der Waals surface area contributed by atoms with E-state index in [1.54, 1.807) is 6.07 Å². The summed E-state index contributed by atoms with van der Waals surface area (Å²) in [6, 6.07) is 18.8. The number of benzene rings is 2. The number of fused-ring (bicyclic) bond motifs is 1. The van der Waals surface area contributed by atoms with Crippen LogP contribution in [0.2, 0.25) is 0 Å². The summed E-state index contributed by atoms with van der Waals surface area (Å²) < 4.78 is 5.48. The minimum atomic E-state index is 0.204. The van der Waals surface area contributed by atoms with Gasteiger partial charge < -0.3 is 9.25 Å². The lowest BCUT2D eigenvalue weighted by atomic mass is 10.1. The first kappa shape index (κ1) is 12.9. The van der Waals surface area contributed by atoms with Crippen LogP contribution in [0.15, 0.2) is 64.2 Å². The number of hydrogen-bond donors (Lipinski definition) is 0. The molecule has 0 radical (unpaired) electrons. The van der Waals surface area contributed by atoms with Gasteiger partial charge in [0.15, 0.2) is 5.71 Å². The summed E-state index contributed by atoms with van der Waals surface area (Å²) in [6.45, 7) is 1.98.